The molecule has 1 heterocycles. The molecular weight excluding hydrogens is 244 g/mol. The van der Waals surface area contributed by atoms with Gasteiger partial charge in [0, 0.05) is 19.1 Å². The first-order valence-electron chi connectivity index (χ1n) is 6.26. The van der Waals surface area contributed by atoms with Crippen molar-refractivity contribution in [3.8, 4) is 0 Å². The van der Waals surface area contributed by atoms with Crippen molar-refractivity contribution in [2.24, 2.45) is 7.05 Å². The van der Waals surface area contributed by atoms with Crippen LogP contribution in [0.5, 0.6) is 0 Å². The largest absolute Gasteiger partial charge is 0.419 e. The van der Waals surface area contributed by atoms with Gasteiger partial charge in [-0.15, -0.1) is 0 Å². The van der Waals surface area contributed by atoms with Crippen molar-refractivity contribution < 1.29 is 9.52 Å². The lowest BCUT2D eigenvalue weighted by atomic mass is 10.0. The second kappa shape index (κ2) is 4.83. The number of aryl methyl sites for hydroxylation is 1. The van der Waals surface area contributed by atoms with Crippen LogP contribution < -0.4 is 5.76 Å². The number of hydrogen-bond acceptors (Lipinski definition) is 4. The maximum Gasteiger partial charge on any atom is 0.419 e. The summed E-state index contributed by atoms with van der Waals surface area (Å²) in [5, 5.41) is 9.36. The Kier molecular flexibility index (Phi) is 3.52. The zero-order chi connectivity index (χ0) is 14.2. The van der Waals surface area contributed by atoms with Crippen LogP contribution in [0, 0.1) is 0 Å². The molecular formula is C14H20N2O3. The number of aliphatic hydroxyl groups excluding tert-OH is 1. The third-order valence-corrected chi connectivity index (χ3v) is 3.70. The van der Waals surface area contributed by atoms with Gasteiger partial charge >= 0.3 is 5.76 Å². The fraction of sp³-hybridized carbons (Fsp3) is 0.500. The Labute approximate surface area is 112 Å². The number of nitrogens with zero attached hydrogens (tertiary/aromatic N) is 2. The molecule has 0 aliphatic carbocycles. The maximum absolute atomic E-state index is 11.4. The number of oxazole rings is 1. The number of likely N-dealkylation sites (N-methyl/N-ethyl adjacent to an activating group) is 1. The number of rotatable bonds is 4. The lowest BCUT2D eigenvalue weighted by Gasteiger charge is -2.33. The molecule has 5 nitrogen and oxygen atoms in total. The highest BCUT2D eigenvalue weighted by Crippen LogP contribution is 2.19. The molecule has 5 heteroatoms. The zero-order valence-electron chi connectivity index (χ0n) is 11.8. The molecule has 2 aromatic rings. The van der Waals surface area contributed by atoms with Crippen LogP contribution in [-0.2, 0) is 13.6 Å². The second-order valence-corrected chi connectivity index (χ2v) is 5.56. The van der Waals surface area contributed by atoms with Crippen molar-refractivity contribution in [3.05, 3.63) is 34.3 Å². The standard InChI is InChI=1S/C14H20N2O3/c1-14(2,9-17)15(3)8-10-5-6-12-11(7-10)16(4)13(18)19-12/h5-7,17H,8-9H2,1-4H3. The van der Waals surface area contributed by atoms with Gasteiger partial charge in [0.15, 0.2) is 5.58 Å². The first kappa shape index (κ1) is 13.8. The van der Waals surface area contributed by atoms with E-state index < -0.39 is 0 Å². The maximum atomic E-state index is 11.4. The van der Waals surface area contributed by atoms with E-state index in [2.05, 4.69) is 4.90 Å². The van der Waals surface area contributed by atoms with Crippen molar-refractivity contribution in [3.63, 3.8) is 0 Å². The summed E-state index contributed by atoms with van der Waals surface area (Å²) in [6, 6.07) is 5.70. The molecule has 0 amide bonds. The zero-order valence-corrected chi connectivity index (χ0v) is 11.8. The van der Waals surface area contributed by atoms with Crippen molar-refractivity contribution >= 4 is 11.1 Å². The second-order valence-electron chi connectivity index (χ2n) is 5.56. The van der Waals surface area contributed by atoms with Crippen LogP contribution in [0.15, 0.2) is 27.4 Å². The smallest absolute Gasteiger partial charge is 0.408 e. The molecule has 2 rings (SSSR count). The third-order valence-electron chi connectivity index (χ3n) is 3.70. The van der Waals surface area contributed by atoms with Crippen molar-refractivity contribution in [2.45, 2.75) is 25.9 Å². The normalized spacial score (nSPS) is 12.5. The summed E-state index contributed by atoms with van der Waals surface area (Å²) in [6.45, 7) is 4.76. The van der Waals surface area contributed by atoms with E-state index in [0.717, 1.165) is 11.1 Å². The van der Waals surface area contributed by atoms with Gasteiger partial charge in [0.25, 0.3) is 0 Å². The van der Waals surface area contributed by atoms with Gasteiger partial charge in [0.05, 0.1) is 12.1 Å². The summed E-state index contributed by atoms with van der Waals surface area (Å²) in [5.74, 6) is -0.351. The lowest BCUT2D eigenvalue weighted by Crippen LogP contribution is -2.43. The van der Waals surface area contributed by atoms with Gasteiger partial charge < -0.3 is 9.52 Å². The summed E-state index contributed by atoms with van der Waals surface area (Å²) < 4.78 is 6.60. The fourth-order valence-corrected chi connectivity index (χ4v) is 1.88. The number of aliphatic hydroxyl groups is 1. The number of fused-ring (bicyclic) bond motifs is 1. The molecule has 0 aliphatic heterocycles. The molecule has 0 spiro atoms. The average molecular weight is 264 g/mol. The van der Waals surface area contributed by atoms with E-state index in [0.29, 0.717) is 12.1 Å². The Bertz CT molecular complexity index is 640. The van der Waals surface area contributed by atoms with E-state index in [-0.39, 0.29) is 17.9 Å². The SMILES string of the molecule is CN(Cc1ccc2oc(=O)n(C)c2c1)C(C)(C)CO. The Morgan fingerprint density at radius 2 is 2.11 bits per heavy atom. The Morgan fingerprint density at radius 3 is 2.74 bits per heavy atom. The molecule has 0 radical (unpaired) electrons. The third kappa shape index (κ3) is 2.57. The molecule has 1 aromatic heterocycles. The quantitative estimate of drug-likeness (QED) is 0.905. The van der Waals surface area contributed by atoms with E-state index >= 15 is 0 Å². The van der Waals surface area contributed by atoms with E-state index in [9.17, 15) is 9.90 Å². The van der Waals surface area contributed by atoms with Gasteiger partial charge in [0.1, 0.15) is 0 Å². The Balaban J connectivity index is 2.32. The number of hydrogen-bond donors (Lipinski definition) is 1. The van der Waals surface area contributed by atoms with Gasteiger partial charge in [-0.25, -0.2) is 4.79 Å². The van der Waals surface area contributed by atoms with Crippen LogP contribution in [0.3, 0.4) is 0 Å². The van der Waals surface area contributed by atoms with Crippen LogP contribution in [0.1, 0.15) is 19.4 Å². The molecule has 1 aromatic carbocycles. The minimum absolute atomic E-state index is 0.0932. The molecule has 0 bridgehead atoms. The molecule has 104 valence electrons. The minimum Gasteiger partial charge on any atom is -0.408 e. The lowest BCUT2D eigenvalue weighted by molar-refractivity contribution is 0.0734. The first-order chi connectivity index (χ1) is 8.85. The van der Waals surface area contributed by atoms with Gasteiger partial charge in [-0.2, -0.15) is 0 Å². The van der Waals surface area contributed by atoms with Gasteiger partial charge in [-0.3, -0.25) is 9.47 Å². The van der Waals surface area contributed by atoms with Crippen molar-refractivity contribution in [2.75, 3.05) is 13.7 Å². The highest BCUT2D eigenvalue weighted by molar-refractivity contribution is 5.73. The summed E-state index contributed by atoms with van der Waals surface area (Å²) >= 11 is 0. The average Bonchev–Trinajstić information content (AvgIpc) is 2.65. The van der Waals surface area contributed by atoms with Crippen LogP contribution in [0.2, 0.25) is 0 Å². The van der Waals surface area contributed by atoms with Gasteiger partial charge in [-0.05, 0) is 38.6 Å². The van der Waals surface area contributed by atoms with Gasteiger partial charge in [-0.1, -0.05) is 6.07 Å². The molecule has 0 aliphatic rings. The molecule has 19 heavy (non-hydrogen) atoms. The summed E-state index contributed by atoms with van der Waals surface area (Å²) in [7, 11) is 3.66. The topological polar surface area (TPSA) is 58.6 Å². The minimum atomic E-state index is -0.351. The molecule has 0 fully saturated rings. The first-order valence-corrected chi connectivity index (χ1v) is 6.26. The monoisotopic (exact) mass is 264 g/mol. The number of aromatic nitrogens is 1. The van der Waals surface area contributed by atoms with Crippen molar-refractivity contribution in [1.82, 2.24) is 9.47 Å². The van der Waals surface area contributed by atoms with E-state index in [1.165, 1.54) is 4.57 Å². The highest BCUT2D eigenvalue weighted by Gasteiger charge is 2.22. The number of benzene rings is 1. The van der Waals surface area contributed by atoms with E-state index in [1.807, 2.05) is 39.1 Å². The van der Waals surface area contributed by atoms with Crippen LogP contribution in [0.25, 0.3) is 11.1 Å². The van der Waals surface area contributed by atoms with Crippen molar-refractivity contribution in [1.29, 1.82) is 0 Å². The molecule has 0 unspecified atom stereocenters. The molecule has 0 atom stereocenters. The van der Waals surface area contributed by atoms with E-state index in [1.54, 1.807) is 7.05 Å². The summed E-state index contributed by atoms with van der Waals surface area (Å²) in [5.41, 5.74) is 2.18. The Hall–Kier alpha value is -1.59. The predicted molar refractivity (Wildman–Crippen MR) is 74.1 cm³/mol. The van der Waals surface area contributed by atoms with Crippen LogP contribution >= 0.6 is 0 Å². The Morgan fingerprint density at radius 1 is 1.42 bits per heavy atom. The predicted octanol–water partition coefficient (Wildman–Crippen LogP) is 1.33. The molecule has 0 saturated heterocycles. The molecule has 0 saturated carbocycles. The van der Waals surface area contributed by atoms with Crippen LogP contribution in [-0.4, -0.2) is 33.8 Å². The summed E-state index contributed by atoms with van der Waals surface area (Å²) in [6.07, 6.45) is 0. The highest BCUT2D eigenvalue weighted by atomic mass is 16.4. The van der Waals surface area contributed by atoms with E-state index in [4.69, 9.17) is 4.42 Å². The summed E-state index contributed by atoms with van der Waals surface area (Å²) in [4.78, 5) is 13.5. The fourth-order valence-electron chi connectivity index (χ4n) is 1.88. The van der Waals surface area contributed by atoms with Crippen LogP contribution in [0.4, 0.5) is 0 Å². The van der Waals surface area contributed by atoms with Gasteiger partial charge in [0.2, 0.25) is 0 Å². The molecule has 1 N–H and O–H groups in total.